The maximum atomic E-state index is 12.3. The highest BCUT2D eigenvalue weighted by Crippen LogP contribution is 2.13. The number of anilines is 1. The Balaban J connectivity index is 1.37. The number of nitrogens with one attached hydrogen (secondary N) is 1. The fraction of sp³-hybridized carbons (Fsp3) is 0.556. The number of carbonyl (C=O) groups is 2. The van der Waals surface area contributed by atoms with Crippen molar-refractivity contribution in [3.8, 4) is 0 Å². The Labute approximate surface area is 158 Å². The summed E-state index contributed by atoms with van der Waals surface area (Å²) in [7, 11) is 0. The van der Waals surface area contributed by atoms with Crippen molar-refractivity contribution in [2.24, 2.45) is 0 Å². The Bertz CT molecular complexity index is 611. The van der Waals surface area contributed by atoms with E-state index < -0.39 is 0 Å². The number of piperazine rings is 1. The summed E-state index contributed by atoms with van der Waals surface area (Å²) in [5.74, 6) is 0.132. The van der Waals surface area contributed by atoms with Crippen molar-refractivity contribution in [3.05, 3.63) is 29.3 Å². The number of nitrogens with zero attached hydrogens (tertiary/aromatic N) is 3. The van der Waals surface area contributed by atoms with Crippen LogP contribution in [0.1, 0.15) is 0 Å². The van der Waals surface area contributed by atoms with E-state index in [1.165, 1.54) is 0 Å². The summed E-state index contributed by atoms with van der Waals surface area (Å²) < 4.78 is 5.28. The summed E-state index contributed by atoms with van der Waals surface area (Å²) in [5, 5.41) is 3.52. The zero-order chi connectivity index (χ0) is 18.4. The van der Waals surface area contributed by atoms with Crippen molar-refractivity contribution in [1.29, 1.82) is 0 Å². The zero-order valence-electron chi connectivity index (χ0n) is 14.8. The predicted octanol–water partition coefficient (Wildman–Crippen LogP) is 0.755. The molecule has 0 spiro atoms. The molecule has 2 saturated heterocycles. The fourth-order valence-electron chi connectivity index (χ4n) is 3.15. The molecule has 0 aromatic heterocycles. The van der Waals surface area contributed by atoms with E-state index in [0.717, 1.165) is 31.9 Å². The monoisotopic (exact) mass is 380 g/mol. The lowest BCUT2D eigenvalue weighted by molar-refractivity contribution is -0.137. The highest BCUT2D eigenvalue weighted by atomic mass is 35.5. The number of amides is 2. The fourth-order valence-corrected chi connectivity index (χ4v) is 3.27. The Morgan fingerprint density at radius 1 is 0.923 bits per heavy atom. The molecule has 3 rings (SSSR count). The van der Waals surface area contributed by atoms with E-state index in [2.05, 4.69) is 15.1 Å². The van der Waals surface area contributed by atoms with Crippen LogP contribution < -0.4 is 5.32 Å². The average molecular weight is 381 g/mol. The highest BCUT2D eigenvalue weighted by Gasteiger charge is 2.23. The minimum atomic E-state index is -0.0369. The molecule has 0 radical (unpaired) electrons. The van der Waals surface area contributed by atoms with Crippen LogP contribution >= 0.6 is 11.6 Å². The third kappa shape index (κ3) is 5.67. The first kappa shape index (κ1) is 19.1. The lowest BCUT2D eigenvalue weighted by Crippen LogP contribution is -2.52. The van der Waals surface area contributed by atoms with Crippen LogP contribution in [0, 0.1) is 0 Å². The molecule has 2 aliphatic rings. The largest absolute Gasteiger partial charge is 0.378 e. The first-order valence-electron chi connectivity index (χ1n) is 8.96. The number of carbonyl (C=O) groups excluding carboxylic acids is 2. The molecule has 2 amide bonds. The summed E-state index contributed by atoms with van der Waals surface area (Å²) >= 11 is 5.84. The third-order valence-electron chi connectivity index (χ3n) is 4.68. The molecule has 1 aromatic carbocycles. The number of halogens is 1. The van der Waals surface area contributed by atoms with Crippen LogP contribution in [-0.2, 0) is 14.3 Å². The number of rotatable bonds is 5. The lowest BCUT2D eigenvalue weighted by atomic mass is 10.3. The van der Waals surface area contributed by atoms with Crippen molar-refractivity contribution in [3.63, 3.8) is 0 Å². The molecule has 0 unspecified atom stereocenters. The van der Waals surface area contributed by atoms with Gasteiger partial charge >= 0.3 is 0 Å². The van der Waals surface area contributed by atoms with Gasteiger partial charge in [-0.05, 0) is 24.3 Å². The van der Waals surface area contributed by atoms with Crippen LogP contribution in [0.15, 0.2) is 24.3 Å². The second-order valence-electron chi connectivity index (χ2n) is 6.60. The summed E-state index contributed by atoms with van der Waals surface area (Å²) in [6.45, 7) is 6.58. The second kappa shape index (κ2) is 9.32. The number of hydrogen-bond donors (Lipinski definition) is 1. The van der Waals surface area contributed by atoms with Crippen LogP contribution in [0.2, 0.25) is 5.02 Å². The predicted molar refractivity (Wildman–Crippen MR) is 100 cm³/mol. The summed E-state index contributed by atoms with van der Waals surface area (Å²) in [6.07, 6.45) is 0. The average Bonchev–Trinajstić information content (AvgIpc) is 2.66. The van der Waals surface area contributed by atoms with E-state index in [1.807, 2.05) is 4.90 Å². The van der Waals surface area contributed by atoms with Gasteiger partial charge in [-0.2, -0.15) is 0 Å². The molecule has 26 heavy (non-hydrogen) atoms. The van der Waals surface area contributed by atoms with Gasteiger partial charge in [-0.25, -0.2) is 0 Å². The van der Waals surface area contributed by atoms with Gasteiger partial charge in [-0.1, -0.05) is 11.6 Å². The van der Waals surface area contributed by atoms with Crippen LogP contribution in [0.3, 0.4) is 0 Å². The molecule has 0 saturated carbocycles. The van der Waals surface area contributed by atoms with Gasteiger partial charge < -0.3 is 15.0 Å². The van der Waals surface area contributed by atoms with Crippen molar-refractivity contribution < 1.29 is 14.3 Å². The molecule has 2 fully saturated rings. The first-order chi connectivity index (χ1) is 12.6. The molecule has 7 nitrogen and oxygen atoms in total. The Morgan fingerprint density at radius 3 is 2.12 bits per heavy atom. The number of hydrogen-bond acceptors (Lipinski definition) is 5. The number of benzene rings is 1. The highest BCUT2D eigenvalue weighted by molar-refractivity contribution is 6.30. The normalized spacial score (nSPS) is 19.3. The van der Waals surface area contributed by atoms with Gasteiger partial charge in [-0.15, -0.1) is 0 Å². The molecule has 0 aliphatic carbocycles. The van der Waals surface area contributed by atoms with Crippen molar-refractivity contribution in [2.45, 2.75) is 0 Å². The summed E-state index contributed by atoms with van der Waals surface area (Å²) in [4.78, 5) is 30.6. The molecular formula is C18H25ClN4O3. The van der Waals surface area contributed by atoms with Gasteiger partial charge in [0.25, 0.3) is 0 Å². The van der Waals surface area contributed by atoms with E-state index >= 15 is 0 Å². The van der Waals surface area contributed by atoms with Crippen molar-refractivity contribution >= 4 is 29.1 Å². The smallest absolute Gasteiger partial charge is 0.238 e. The van der Waals surface area contributed by atoms with Gasteiger partial charge in [0.1, 0.15) is 0 Å². The number of ether oxygens (including phenoxy) is 1. The molecule has 142 valence electrons. The minimum absolute atomic E-state index is 0.0369. The summed E-state index contributed by atoms with van der Waals surface area (Å²) in [5.41, 5.74) is 0.745. The molecule has 1 aromatic rings. The first-order valence-corrected chi connectivity index (χ1v) is 9.33. The molecule has 2 heterocycles. The van der Waals surface area contributed by atoms with Gasteiger partial charge in [0.2, 0.25) is 11.8 Å². The van der Waals surface area contributed by atoms with Gasteiger partial charge in [-0.3, -0.25) is 19.4 Å². The minimum Gasteiger partial charge on any atom is -0.378 e. The van der Waals surface area contributed by atoms with Crippen LogP contribution in [0.4, 0.5) is 5.69 Å². The standard InChI is InChI=1S/C18H25ClN4O3/c19-15-1-3-16(4-2-15)20-17(24)13-21-5-7-22(8-6-21)14-18(25)23-9-11-26-12-10-23/h1-4H,5-14H2,(H,20,24). The molecule has 8 heteroatoms. The van der Waals surface area contributed by atoms with E-state index in [-0.39, 0.29) is 11.8 Å². The van der Waals surface area contributed by atoms with Crippen LogP contribution in [0.25, 0.3) is 0 Å². The molecule has 1 N–H and O–H groups in total. The third-order valence-corrected chi connectivity index (χ3v) is 4.93. The Morgan fingerprint density at radius 2 is 1.50 bits per heavy atom. The maximum absolute atomic E-state index is 12.3. The SMILES string of the molecule is O=C(CN1CCN(CC(=O)N2CCOCC2)CC1)Nc1ccc(Cl)cc1. The van der Waals surface area contributed by atoms with Gasteiger partial charge in [0.05, 0.1) is 26.3 Å². The Hall–Kier alpha value is -1.67. The number of morpholine rings is 1. The van der Waals surface area contributed by atoms with Crippen LogP contribution in [0.5, 0.6) is 0 Å². The van der Waals surface area contributed by atoms with E-state index in [1.54, 1.807) is 24.3 Å². The van der Waals surface area contributed by atoms with E-state index in [9.17, 15) is 9.59 Å². The van der Waals surface area contributed by atoms with Crippen LogP contribution in [-0.4, -0.2) is 92.1 Å². The Kier molecular flexibility index (Phi) is 6.85. The summed E-state index contributed by atoms with van der Waals surface area (Å²) in [6, 6.07) is 7.08. The van der Waals surface area contributed by atoms with Gasteiger partial charge in [0, 0.05) is 50.0 Å². The molecular weight excluding hydrogens is 356 g/mol. The topological polar surface area (TPSA) is 65.1 Å². The molecule has 0 atom stereocenters. The quantitative estimate of drug-likeness (QED) is 0.816. The van der Waals surface area contributed by atoms with Gasteiger partial charge in [0.15, 0.2) is 0 Å². The van der Waals surface area contributed by atoms with E-state index in [4.69, 9.17) is 16.3 Å². The zero-order valence-corrected chi connectivity index (χ0v) is 15.6. The van der Waals surface area contributed by atoms with Crippen molar-refractivity contribution in [1.82, 2.24) is 14.7 Å². The maximum Gasteiger partial charge on any atom is 0.238 e. The second-order valence-corrected chi connectivity index (χ2v) is 7.04. The van der Waals surface area contributed by atoms with Crippen molar-refractivity contribution in [2.75, 3.05) is 70.9 Å². The molecule has 0 bridgehead atoms. The lowest BCUT2D eigenvalue weighted by Gasteiger charge is -2.35. The molecule has 2 aliphatic heterocycles. The van der Waals surface area contributed by atoms with E-state index in [0.29, 0.717) is 44.4 Å².